The molecule has 1 saturated heterocycles. The summed E-state index contributed by atoms with van der Waals surface area (Å²) in [5.41, 5.74) is -0.236. The highest BCUT2D eigenvalue weighted by atomic mass is 32.2. The Kier molecular flexibility index (Phi) is 4.27. The summed E-state index contributed by atoms with van der Waals surface area (Å²) in [4.78, 5) is 11.5. The van der Waals surface area contributed by atoms with Gasteiger partial charge in [-0.3, -0.25) is 0 Å². The van der Waals surface area contributed by atoms with Gasteiger partial charge < -0.3 is 19.1 Å². The first kappa shape index (κ1) is 17.7. The lowest BCUT2D eigenvalue weighted by molar-refractivity contribution is 0.0685. The number of aromatic nitrogens is 3. The van der Waals surface area contributed by atoms with Gasteiger partial charge in [0.15, 0.2) is 17.3 Å². The van der Waals surface area contributed by atoms with Crippen molar-refractivity contribution in [3.8, 4) is 11.5 Å². The molecule has 0 spiro atoms. The smallest absolute Gasteiger partial charge is 0.339 e. The Labute approximate surface area is 155 Å². The van der Waals surface area contributed by atoms with Crippen LogP contribution in [0.5, 0.6) is 11.5 Å². The first-order valence-electron chi connectivity index (χ1n) is 8.42. The van der Waals surface area contributed by atoms with E-state index in [1.807, 2.05) is 0 Å². The fourth-order valence-electron chi connectivity index (χ4n) is 3.45. The highest BCUT2D eigenvalue weighted by Gasteiger charge is 2.39. The van der Waals surface area contributed by atoms with Crippen LogP contribution in [-0.4, -0.2) is 58.3 Å². The van der Waals surface area contributed by atoms with Gasteiger partial charge in [-0.05, 0) is 18.9 Å². The maximum absolute atomic E-state index is 13.3. The highest BCUT2D eigenvalue weighted by Crippen LogP contribution is 2.40. The number of benzene rings is 1. The number of rotatable bonds is 4. The van der Waals surface area contributed by atoms with Crippen LogP contribution in [0.1, 0.15) is 35.1 Å². The number of aromatic carboxylic acids is 1. The molecule has 2 aromatic rings. The van der Waals surface area contributed by atoms with Gasteiger partial charge in [0.05, 0.1) is 10.9 Å². The van der Waals surface area contributed by atoms with E-state index in [0.29, 0.717) is 25.2 Å². The van der Waals surface area contributed by atoms with E-state index < -0.39 is 22.0 Å². The maximum Gasteiger partial charge on any atom is 0.339 e. The van der Waals surface area contributed by atoms with E-state index in [0.717, 1.165) is 6.07 Å². The topological polar surface area (TPSA) is 124 Å². The van der Waals surface area contributed by atoms with Crippen LogP contribution in [0, 0.1) is 0 Å². The summed E-state index contributed by atoms with van der Waals surface area (Å²) in [6.07, 6.45) is 2.81. The highest BCUT2D eigenvalue weighted by molar-refractivity contribution is 7.89. The van der Waals surface area contributed by atoms with Crippen molar-refractivity contribution in [1.82, 2.24) is 19.1 Å². The first-order chi connectivity index (χ1) is 12.9. The SMILES string of the molecule is Cn1cnnc1[C@@H]1CCCN1S(=O)(=O)c1cc2c(c(C(=O)O)c1)OCCO2. The Morgan fingerprint density at radius 1 is 1.30 bits per heavy atom. The summed E-state index contributed by atoms with van der Waals surface area (Å²) in [6.45, 7) is 0.747. The van der Waals surface area contributed by atoms with Gasteiger partial charge >= 0.3 is 5.97 Å². The molecule has 144 valence electrons. The lowest BCUT2D eigenvalue weighted by Gasteiger charge is -2.25. The molecule has 0 amide bonds. The minimum absolute atomic E-state index is 0.0546. The molecule has 0 radical (unpaired) electrons. The van der Waals surface area contributed by atoms with Crippen molar-refractivity contribution in [1.29, 1.82) is 0 Å². The average molecular weight is 394 g/mol. The molecule has 3 heterocycles. The minimum atomic E-state index is -3.97. The molecule has 0 aliphatic carbocycles. The van der Waals surface area contributed by atoms with E-state index in [4.69, 9.17) is 9.47 Å². The molecular formula is C16H18N4O6S. The summed E-state index contributed by atoms with van der Waals surface area (Å²) in [6, 6.07) is 1.99. The van der Waals surface area contributed by atoms with Crippen molar-refractivity contribution in [2.24, 2.45) is 7.05 Å². The molecular weight excluding hydrogens is 376 g/mol. The first-order valence-corrected chi connectivity index (χ1v) is 9.86. The van der Waals surface area contributed by atoms with Crippen molar-refractivity contribution in [3.63, 3.8) is 0 Å². The van der Waals surface area contributed by atoms with E-state index in [1.54, 1.807) is 11.6 Å². The Bertz CT molecular complexity index is 1000. The standard InChI is InChI=1S/C16H18N4O6S/c1-19-9-17-18-15(19)12-3-2-4-20(12)27(23,24)10-7-11(16(21)22)14-13(8-10)25-5-6-26-14/h7-9,12H,2-6H2,1H3,(H,21,22)/t12-/m0/s1. The monoisotopic (exact) mass is 394 g/mol. The van der Waals surface area contributed by atoms with Crippen LogP contribution in [0.15, 0.2) is 23.4 Å². The Morgan fingerprint density at radius 2 is 2.07 bits per heavy atom. The van der Waals surface area contributed by atoms with Crippen LogP contribution in [0.25, 0.3) is 0 Å². The van der Waals surface area contributed by atoms with Crippen LogP contribution in [-0.2, 0) is 17.1 Å². The number of carbonyl (C=O) groups is 1. The van der Waals surface area contributed by atoms with Crippen molar-refractivity contribution in [2.45, 2.75) is 23.8 Å². The summed E-state index contributed by atoms with van der Waals surface area (Å²) >= 11 is 0. The zero-order valence-electron chi connectivity index (χ0n) is 14.5. The molecule has 0 bridgehead atoms. The molecule has 1 fully saturated rings. The predicted molar refractivity (Wildman–Crippen MR) is 91.3 cm³/mol. The van der Waals surface area contributed by atoms with E-state index in [2.05, 4.69) is 10.2 Å². The molecule has 0 saturated carbocycles. The van der Waals surface area contributed by atoms with Gasteiger partial charge in [-0.1, -0.05) is 0 Å². The molecule has 27 heavy (non-hydrogen) atoms. The van der Waals surface area contributed by atoms with Crippen LogP contribution < -0.4 is 9.47 Å². The summed E-state index contributed by atoms with van der Waals surface area (Å²) < 4.78 is 40.4. The molecule has 10 nitrogen and oxygen atoms in total. The van der Waals surface area contributed by atoms with Crippen LogP contribution in [0.4, 0.5) is 0 Å². The summed E-state index contributed by atoms with van der Waals surface area (Å²) in [5, 5.41) is 17.3. The number of sulfonamides is 1. The van der Waals surface area contributed by atoms with Gasteiger partial charge in [-0.25, -0.2) is 13.2 Å². The molecule has 0 unspecified atom stereocenters. The minimum Gasteiger partial charge on any atom is -0.486 e. The predicted octanol–water partition coefficient (Wildman–Crippen LogP) is 0.810. The number of hydrogen-bond donors (Lipinski definition) is 1. The van der Waals surface area contributed by atoms with Gasteiger partial charge in [-0.15, -0.1) is 10.2 Å². The zero-order valence-corrected chi connectivity index (χ0v) is 15.3. The van der Waals surface area contributed by atoms with Crippen molar-refractivity contribution >= 4 is 16.0 Å². The second-order valence-electron chi connectivity index (χ2n) is 6.37. The number of carboxylic acid groups (broad SMARTS) is 1. The Morgan fingerprint density at radius 3 is 2.78 bits per heavy atom. The molecule has 11 heteroatoms. The third-order valence-corrected chi connectivity index (χ3v) is 6.59. The van der Waals surface area contributed by atoms with Crippen LogP contribution in [0.3, 0.4) is 0 Å². The van der Waals surface area contributed by atoms with Gasteiger partial charge in [0.25, 0.3) is 0 Å². The molecule has 4 rings (SSSR count). The largest absolute Gasteiger partial charge is 0.486 e. The van der Waals surface area contributed by atoms with Crippen LogP contribution >= 0.6 is 0 Å². The van der Waals surface area contributed by atoms with E-state index >= 15 is 0 Å². The van der Waals surface area contributed by atoms with Gasteiger partial charge in [0, 0.05) is 19.7 Å². The lowest BCUT2D eigenvalue weighted by atomic mass is 10.2. The molecule has 1 aromatic heterocycles. The molecule has 1 atom stereocenters. The van der Waals surface area contributed by atoms with E-state index in [1.165, 1.54) is 16.7 Å². The third-order valence-electron chi connectivity index (χ3n) is 4.70. The number of carboxylic acids is 1. The fraction of sp³-hybridized carbons (Fsp3) is 0.438. The lowest BCUT2D eigenvalue weighted by Crippen LogP contribution is -2.32. The average Bonchev–Trinajstić information content (AvgIpc) is 3.29. The third kappa shape index (κ3) is 2.92. The number of fused-ring (bicyclic) bond motifs is 1. The second kappa shape index (κ2) is 6.50. The van der Waals surface area contributed by atoms with E-state index in [-0.39, 0.29) is 35.2 Å². The maximum atomic E-state index is 13.3. The normalized spacial score (nSPS) is 20.0. The number of nitrogens with zero attached hydrogens (tertiary/aromatic N) is 4. The molecule has 1 N–H and O–H groups in total. The quantitative estimate of drug-likeness (QED) is 0.808. The second-order valence-corrected chi connectivity index (χ2v) is 8.26. The van der Waals surface area contributed by atoms with Crippen molar-refractivity contribution < 1.29 is 27.8 Å². The molecule has 2 aliphatic heterocycles. The van der Waals surface area contributed by atoms with E-state index in [9.17, 15) is 18.3 Å². The van der Waals surface area contributed by atoms with Crippen molar-refractivity contribution in [3.05, 3.63) is 29.8 Å². The molecule has 2 aliphatic rings. The Balaban J connectivity index is 1.79. The van der Waals surface area contributed by atoms with Gasteiger partial charge in [0.1, 0.15) is 25.1 Å². The number of hydrogen-bond acceptors (Lipinski definition) is 7. The zero-order chi connectivity index (χ0) is 19.2. The van der Waals surface area contributed by atoms with Gasteiger partial charge in [0.2, 0.25) is 10.0 Å². The van der Waals surface area contributed by atoms with Crippen molar-refractivity contribution in [2.75, 3.05) is 19.8 Å². The molecule has 1 aromatic carbocycles. The summed E-state index contributed by atoms with van der Waals surface area (Å²) in [5.74, 6) is -0.555. The van der Waals surface area contributed by atoms with Gasteiger partial charge in [-0.2, -0.15) is 4.31 Å². The Hall–Kier alpha value is -2.66. The van der Waals surface area contributed by atoms with Crippen LogP contribution in [0.2, 0.25) is 0 Å². The summed E-state index contributed by atoms with van der Waals surface area (Å²) in [7, 11) is -2.21. The fourth-order valence-corrected chi connectivity index (χ4v) is 5.15. The number of ether oxygens (including phenoxy) is 2. The number of aryl methyl sites for hydroxylation is 1.